The first-order valence-corrected chi connectivity index (χ1v) is 9.57. The molecule has 1 aliphatic heterocycles. The molecule has 1 aromatic carbocycles. The van der Waals surface area contributed by atoms with Gasteiger partial charge in [-0.3, -0.25) is 14.3 Å². The van der Waals surface area contributed by atoms with Crippen LogP contribution in [0.25, 0.3) is 16.7 Å². The van der Waals surface area contributed by atoms with E-state index in [9.17, 15) is 9.59 Å². The maximum Gasteiger partial charge on any atom is 0.280 e. The molecule has 1 amide bonds. The van der Waals surface area contributed by atoms with Crippen molar-refractivity contribution >= 4 is 16.9 Å². The number of carbonyl (C=O) groups excluding carboxylic acids is 1. The van der Waals surface area contributed by atoms with Crippen LogP contribution in [-0.2, 0) is 16.1 Å². The molecule has 2 aromatic heterocycles. The lowest BCUT2D eigenvalue weighted by molar-refractivity contribution is -0.122. The molecule has 1 N–H and O–H groups in total. The van der Waals surface area contributed by atoms with Gasteiger partial charge in [0, 0.05) is 19.3 Å². The Kier molecular flexibility index (Phi) is 5.00. The second kappa shape index (κ2) is 7.59. The Morgan fingerprint density at radius 1 is 1.29 bits per heavy atom. The fourth-order valence-electron chi connectivity index (χ4n) is 3.57. The molecule has 0 aliphatic carbocycles. The van der Waals surface area contributed by atoms with E-state index in [1.54, 1.807) is 23.0 Å². The fraction of sp³-hybridized carbons (Fsp3) is 0.381. The van der Waals surface area contributed by atoms with Gasteiger partial charge in [-0.2, -0.15) is 0 Å². The summed E-state index contributed by atoms with van der Waals surface area (Å²) >= 11 is 0. The number of amides is 1. The highest BCUT2D eigenvalue weighted by Crippen LogP contribution is 2.17. The number of nitrogens with zero attached hydrogens (tertiary/aromatic N) is 3. The zero-order valence-corrected chi connectivity index (χ0v) is 16.1. The number of aromatic nitrogens is 3. The number of ether oxygens (including phenoxy) is 1. The number of pyridine rings is 1. The van der Waals surface area contributed by atoms with Crippen LogP contribution in [0.4, 0.5) is 0 Å². The van der Waals surface area contributed by atoms with Crippen molar-refractivity contribution < 1.29 is 9.53 Å². The SMILES string of the molecule is Cc1ccc(-n2c(=O)c3cccnc3n2CC(=O)NCC2CCCO2)cc1C. The Morgan fingerprint density at radius 2 is 2.14 bits per heavy atom. The van der Waals surface area contributed by atoms with Crippen LogP contribution in [0.2, 0.25) is 0 Å². The quantitative estimate of drug-likeness (QED) is 0.735. The lowest BCUT2D eigenvalue weighted by Crippen LogP contribution is -2.36. The van der Waals surface area contributed by atoms with Crippen LogP contribution in [0.15, 0.2) is 41.3 Å². The average Bonchev–Trinajstić information content (AvgIpc) is 3.30. The monoisotopic (exact) mass is 380 g/mol. The van der Waals surface area contributed by atoms with Gasteiger partial charge in [0.2, 0.25) is 5.91 Å². The highest BCUT2D eigenvalue weighted by Gasteiger charge is 2.20. The molecule has 0 bridgehead atoms. The zero-order valence-electron chi connectivity index (χ0n) is 16.1. The van der Waals surface area contributed by atoms with Crippen LogP contribution in [0.5, 0.6) is 0 Å². The van der Waals surface area contributed by atoms with E-state index in [1.807, 2.05) is 32.0 Å². The van der Waals surface area contributed by atoms with Gasteiger partial charge in [0.15, 0.2) is 5.65 Å². The Balaban J connectivity index is 1.70. The second-order valence-electron chi connectivity index (χ2n) is 7.26. The topological polar surface area (TPSA) is 78.2 Å². The second-order valence-corrected chi connectivity index (χ2v) is 7.26. The van der Waals surface area contributed by atoms with Gasteiger partial charge in [-0.25, -0.2) is 9.67 Å². The summed E-state index contributed by atoms with van der Waals surface area (Å²) in [7, 11) is 0. The lowest BCUT2D eigenvalue weighted by Gasteiger charge is -2.15. The first-order valence-electron chi connectivity index (χ1n) is 9.57. The van der Waals surface area contributed by atoms with Gasteiger partial charge in [0.05, 0.1) is 17.2 Å². The van der Waals surface area contributed by atoms with Crippen molar-refractivity contribution in [2.45, 2.75) is 39.3 Å². The molecule has 4 rings (SSSR count). The largest absolute Gasteiger partial charge is 0.376 e. The predicted octanol–water partition coefficient (Wildman–Crippen LogP) is 2.10. The molecule has 3 aromatic rings. The van der Waals surface area contributed by atoms with Crippen LogP contribution in [0.3, 0.4) is 0 Å². The number of aryl methyl sites for hydroxylation is 2. The van der Waals surface area contributed by atoms with E-state index in [-0.39, 0.29) is 24.1 Å². The van der Waals surface area contributed by atoms with Gasteiger partial charge in [0.1, 0.15) is 6.54 Å². The third-order valence-corrected chi connectivity index (χ3v) is 5.27. The van der Waals surface area contributed by atoms with E-state index in [2.05, 4.69) is 10.3 Å². The molecule has 1 aliphatic rings. The minimum absolute atomic E-state index is 0.00932. The molecular formula is C21H24N4O3. The van der Waals surface area contributed by atoms with E-state index in [1.165, 1.54) is 4.68 Å². The molecule has 0 saturated carbocycles. The Morgan fingerprint density at radius 3 is 2.89 bits per heavy atom. The molecule has 1 fully saturated rings. The fourth-order valence-corrected chi connectivity index (χ4v) is 3.57. The number of rotatable bonds is 5. The van der Waals surface area contributed by atoms with Crippen LogP contribution in [0, 0.1) is 13.8 Å². The van der Waals surface area contributed by atoms with Gasteiger partial charge in [-0.15, -0.1) is 0 Å². The summed E-state index contributed by atoms with van der Waals surface area (Å²) in [5, 5.41) is 3.41. The Bertz CT molecular complexity index is 1080. The van der Waals surface area contributed by atoms with E-state index in [0.717, 1.165) is 36.3 Å². The predicted molar refractivity (Wildman–Crippen MR) is 107 cm³/mol. The standard InChI is InChI=1S/C21H24N4O3/c1-14-7-8-16(11-15(14)2)25-21(27)18-6-3-9-22-20(18)24(25)13-19(26)23-12-17-5-4-10-28-17/h3,6-9,11,17H,4-5,10,12-13H2,1-2H3,(H,23,26). The molecule has 3 heterocycles. The van der Waals surface area contributed by atoms with Gasteiger partial charge in [0.25, 0.3) is 5.56 Å². The maximum absolute atomic E-state index is 13.0. The highest BCUT2D eigenvalue weighted by atomic mass is 16.5. The van der Waals surface area contributed by atoms with Crippen molar-refractivity contribution in [2.75, 3.05) is 13.2 Å². The smallest absolute Gasteiger partial charge is 0.280 e. The number of fused-ring (bicyclic) bond motifs is 1. The van der Waals surface area contributed by atoms with Gasteiger partial charge < -0.3 is 10.1 Å². The minimum atomic E-state index is -0.182. The summed E-state index contributed by atoms with van der Waals surface area (Å²) in [6, 6.07) is 9.29. The van der Waals surface area contributed by atoms with Crippen molar-refractivity contribution in [3.63, 3.8) is 0 Å². The summed E-state index contributed by atoms with van der Waals surface area (Å²) in [5.74, 6) is -0.171. The number of nitrogens with one attached hydrogen (secondary N) is 1. The summed E-state index contributed by atoms with van der Waals surface area (Å²) in [4.78, 5) is 30.0. The number of carbonyl (C=O) groups is 1. The Labute approximate surface area is 162 Å². The highest BCUT2D eigenvalue weighted by molar-refractivity contribution is 5.80. The molecule has 1 atom stereocenters. The summed E-state index contributed by atoms with van der Waals surface area (Å²) in [6.07, 6.45) is 3.69. The van der Waals surface area contributed by atoms with Crippen LogP contribution >= 0.6 is 0 Å². The first-order chi connectivity index (χ1) is 13.5. The number of benzene rings is 1. The van der Waals surface area contributed by atoms with Crippen LogP contribution in [-0.4, -0.2) is 39.5 Å². The molecule has 1 unspecified atom stereocenters. The Hall–Kier alpha value is -2.93. The van der Waals surface area contributed by atoms with Crippen molar-refractivity contribution in [3.05, 3.63) is 58.0 Å². The van der Waals surface area contributed by atoms with Gasteiger partial charge in [-0.05, 0) is 62.1 Å². The third kappa shape index (κ3) is 3.45. The molecule has 0 spiro atoms. The average molecular weight is 380 g/mol. The van der Waals surface area contributed by atoms with E-state index < -0.39 is 0 Å². The van der Waals surface area contributed by atoms with Crippen LogP contribution < -0.4 is 10.9 Å². The van der Waals surface area contributed by atoms with Gasteiger partial charge >= 0.3 is 0 Å². The normalized spacial score (nSPS) is 16.6. The van der Waals surface area contributed by atoms with Crippen molar-refractivity contribution in [1.82, 2.24) is 19.7 Å². The molecule has 28 heavy (non-hydrogen) atoms. The molecule has 7 nitrogen and oxygen atoms in total. The molecule has 7 heteroatoms. The molecule has 1 saturated heterocycles. The van der Waals surface area contributed by atoms with Gasteiger partial charge in [-0.1, -0.05) is 6.07 Å². The van der Waals surface area contributed by atoms with E-state index in [4.69, 9.17) is 4.74 Å². The lowest BCUT2D eigenvalue weighted by atomic mass is 10.1. The molecular weight excluding hydrogens is 356 g/mol. The van der Waals surface area contributed by atoms with E-state index >= 15 is 0 Å². The summed E-state index contributed by atoms with van der Waals surface area (Å²) in [6.45, 7) is 5.27. The van der Waals surface area contributed by atoms with Crippen LogP contribution in [0.1, 0.15) is 24.0 Å². The molecule has 146 valence electrons. The van der Waals surface area contributed by atoms with Crippen molar-refractivity contribution in [1.29, 1.82) is 0 Å². The molecule has 0 radical (unpaired) electrons. The van der Waals surface area contributed by atoms with Crippen molar-refractivity contribution in [2.24, 2.45) is 0 Å². The minimum Gasteiger partial charge on any atom is -0.376 e. The summed E-state index contributed by atoms with van der Waals surface area (Å²) < 4.78 is 8.74. The van der Waals surface area contributed by atoms with E-state index in [0.29, 0.717) is 17.6 Å². The maximum atomic E-state index is 13.0. The summed E-state index contributed by atoms with van der Waals surface area (Å²) in [5.41, 5.74) is 3.26. The third-order valence-electron chi connectivity index (χ3n) is 5.27. The number of hydrogen-bond donors (Lipinski definition) is 1. The zero-order chi connectivity index (χ0) is 19.7. The van der Waals surface area contributed by atoms with Crippen molar-refractivity contribution in [3.8, 4) is 5.69 Å². The first kappa shape index (κ1) is 18.4. The number of hydrogen-bond acceptors (Lipinski definition) is 4.